The van der Waals surface area contributed by atoms with Crippen LogP contribution in [-0.4, -0.2) is 41.2 Å². The van der Waals surface area contributed by atoms with Crippen molar-refractivity contribution in [2.75, 3.05) is 17.8 Å². The zero-order chi connectivity index (χ0) is 31.8. The van der Waals surface area contributed by atoms with E-state index in [1.165, 1.54) is 109 Å². The molecule has 6 heteroatoms. The van der Waals surface area contributed by atoms with Gasteiger partial charge in [-0.2, -0.15) is 0 Å². The molecule has 0 fully saturated rings. The third-order valence-corrected chi connectivity index (χ3v) is 10.8. The maximum absolute atomic E-state index is 12.9. The first-order valence-corrected chi connectivity index (χ1v) is 21.0. The van der Waals surface area contributed by atoms with Gasteiger partial charge in [-0.3, -0.25) is 15.7 Å². The highest BCUT2D eigenvalue weighted by Gasteiger charge is 2.24. The molecule has 0 aliphatic rings. The highest BCUT2D eigenvalue weighted by Crippen LogP contribution is 2.22. The van der Waals surface area contributed by atoms with E-state index in [1.807, 2.05) is 0 Å². The molecular weight excluding hydrogens is 574 g/mol. The predicted molar refractivity (Wildman–Crippen MR) is 194 cm³/mol. The molecule has 2 unspecified atom stereocenters. The summed E-state index contributed by atoms with van der Waals surface area (Å²) in [5.41, 5.74) is -0.615. The number of rotatable bonds is 32. The summed E-state index contributed by atoms with van der Waals surface area (Å²) in [5.74, 6) is 1.66. The van der Waals surface area contributed by atoms with Crippen molar-refractivity contribution in [2.45, 2.75) is 193 Å². The maximum Gasteiger partial charge on any atom is 0.330 e. The summed E-state index contributed by atoms with van der Waals surface area (Å²) in [4.78, 5) is 25.6. The summed E-state index contributed by atoms with van der Waals surface area (Å²) >= 11 is 6.39. The van der Waals surface area contributed by atoms with Crippen LogP contribution >= 0.6 is 22.5 Å². The molecule has 256 valence electrons. The van der Waals surface area contributed by atoms with Crippen molar-refractivity contribution < 1.29 is 14.3 Å². The molecule has 1 amide bonds. The number of thiol groups is 1. The summed E-state index contributed by atoms with van der Waals surface area (Å²) < 4.78 is 5.60. The molecule has 3 atom stereocenters. The molecule has 0 aliphatic heterocycles. The van der Waals surface area contributed by atoms with Gasteiger partial charge in [-0.25, -0.2) is 4.79 Å². The number of hydrogen-bond acceptors (Lipinski definition) is 3. The second-order valence-electron chi connectivity index (χ2n) is 12.6. The van der Waals surface area contributed by atoms with Crippen LogP contribution in [0.4, 0.5) is 0 Å². The van der Waals surface area contributed by atoms with E-state index in [-0.39, 0.29) is 22.8 Å². The van der Waals surface area contributed by atoms with Crippen LogP contribution in [0.3, 0.4) is 0 Å². The van der Waals surface area contributed by atoms with Gasteiger partial charge in [0.2, 0.25) is 5.91 Å². The minimum absolute atomic E-state index is 0.0402. The lowest BCUT2D eigenvalue weighted by Gasteiger charge is -2.22. The van der Waals surface area contributed by atoms with Gasteiger partial charge < -0.3 is 10.1 Å². The molecule has 0 aromatic carbocycles. The van der Waals surface area contributed by atoms with Gasteiger partial charge >= 0.3 is 5.97 Å². The zero-order valence-corrected chi connectivity index (χ0v) is 30.6. The van der Waals surface area contributed by atoms with Crippen LogP contribution in [0.25, 0.3) is 0 Å². The van der Waals surface area contributed by atoms with Gasteiger partial charge in [0, 0.05) is 6.42 Å². The second kappa shape index (κ2) is 32.7. The van der Waals surface area contributed by atoms with Crippen LogP contribution in [0.1, 0.15) is 181 Å². The highest BCUT2D eigenvalue weighted by atomic mass is 35.5. The van der Waals surface area contributed by atoms with Crippen molar-refractivity contribution in [2.24, 2.45) is 0 Å². The van der Waals surface area contributed by atoms with Crippen molar-refractivity contribution >= 4 is 34.4 Å². The number of amides is 1. The van der Waals surface area contributed by atoms with E-state index in [2.05, 4.69) is 44.5 Å². The maximum atomic E-state index is 12.9. The average Bonchev–Trinajstić information content (AvgIpc) is 3.00. The zero-order valence-electron chi connectivity index (χ0n) is 29.0. The van der Waals surface area contributed by atoms with Gasteiger partial charge in [-0.1, -0.05) is 147 Å². The number of unbranched alkanes of at least 4 members (excludes halogenated alkanes) is 19. The van der Waals surface area contributed by atoms with Crippen LogP contribution < -0.4 is 5.32 Å². The smallest absolute Gasteiger partial charge is 0.330 e. The number of hydrogen-bond donors (Lipinski definition) is 2. The largest absolute Gasteiger partial charge is 0.444 e. The Labute approximate surface area is 276 Å². The van der Waals surface area contributed by atoms with Crippen molar-refractivity contribution in [1.29, 1.82) is 0 Å². The first-order chi connectivity index (χ1) is 20.9. The monoisotopic (exact) mass is 645 g/mol. The molecule has 4 nitrogen and oxygen atoms in total. The Morgan fingerprint density at radius 1 is 0.674 bits per heavy atom. The molecule has 0 bridgehead atoms. The number of carbonyl (C=O) groups excluding carboxylic acids is 2. The first kappa shape index (κ1) is 42.3. The van der Waals surface area contributed by atoms with E-state index in [1.54, 1.807) is 0 Å². The average molecular weight is 647 g/mol. The summed E-state index contributed by atoms with van der Waals surface area (Å²) in [6.07, 6.45) is 36.0. The van der Waals surface area contributed by atoms with Gasteiger partial charge in [0.1, 0.15) is 6.04 Å². The quantitative estimate of drug-likeness (QED) is 0.0251. The van der Waals surface area contributed by atoms with Crippen molar-refractivity contribution in [3.05, 3.63) is 12.2 Å². The number of alkyl halides is 1. The summed E-state index contributed by atoms with van der Waals surface area (Å²) in [6.45, 7) is 6.70. The van der Waals surface area contributed by atoms with Crippen LogP contribution in [0.15, 0.2) is 12.2 Å². The SMILES string of the molecule is CCCCCCCC/C=C\CCCCCCCC(=O)N[C@H](CC[SH](C)CC)C(=O)OC(Cl)CCCCCCCCCCC. The molecule has 0 radical (unpaired) electrons. The number of carbonyl (C=O) groups is 2. The summed E-state index contributed by atoms with van der Waals surface area (Å²) in [6, 6.07) is -0.587. The lowest BCUT2D eigenvalue weighted by atomic mass is 10.1. The van der Waals surface area contributed by atoms with Gasteiger partial charge in [-0.15, -0.1) is 0 Å². The number of halogens is 1. The van der Waals surface area contributed by atoms with E-state index < -0.39 is 11.6 Å². The fourth-order valence-electron chi connectivity index (χ4n) is 5.26. The van der Waals surface area contributed by atoms with Crippen LogP contribution in [-0.2, 0) is 14.3 Å². The van der Waals surface area contributed by atoms with Crippen molar-refractivity contribution in [1.82, 2.24) is 5.32 Å². The molecule has 0 aliphatic carbocycles. The fourth-order valence-corrected chi connectivity index (χ4v) is 6.52. The third kappa shape index (κ3) is 29.8. The van der Waals surface area contributed by atoms with Gasteiger partial charge in [0.15, 0.2) is 5.56 Å². The van der Waals surface area contributed by atoms with E-state index >= 15 is 0 Å². The minimum atomic E-state index is -0.615. The van der Waals surface area contributed by atoms with Crippen LogP contribution in [0, 0.1) is 0 Å². The number of nitrogens with one attached hydrogen (secondary N) is 1. The number of ether oxygens (including phenoxy) is 1. The van der Waals surface area contributed by atoms with Crippen LogP contribution in [0.2, 0.25) is 0 Å². The predicted octanol–water partition coefficient (Wildman–Crippen LogP) is 11.6. The Balaban J connectivity index is 4.13. The Bertz CT molecular complexity index is 660. The molecule has 0 heterocycles. The molecule has 0 aromatic heterocycles. The summed E-state index contributed by atoms with van der Waals surface area (Å²) in [7, 11) is -0.128. The third-order valence-electron chi connectivity index (χ3n) is 8.40. The molecule has 0 spiro atoms. The second-order valence-corrected chi connectivity index (χ2v) is 15.9. The molecular formula is C37H72ClNO3S. The van der Waals surface area contributed by atoms with E-state index in [0.29, 0.717) is 19.3 Å². The lowest BCUT2D eigenvalue weighted by molar-refractivity contribution is -0.150. The van der Waals surface area contributed by atoms with Gasteiger partial charge in [-0.05, 0) is 69.1 Å². The fraction of sp³-hybridized carbons (Fsp3) is 0.892. The van der Waals surface area contributed by atoms with Crippen molar-refractivity contribution in [3.63, 3.8) is 0 Å². The van der Waals surface area contributed by atoms with Crippen molar-refractivity contribution in [3.8, 4) is 0 Å². The molecule has 0 saturated carbocycles. The molecule has 0 saturated heterocycles. The normalized spacial score (nSPS) is 14.1. The molecule has 43 heavy (non-hydrogen) atoms. The van der Waals surface area contributed by atoms with Gasteiger partial charge in [0.05, 0.1) is 0 Å². The Morgan fingerprint density at radius 2 is 1.14 bits per heavy atom. The Kier molecular flexibility index (Phi) is 32.2. The van der Waals surface area contributed by atoms with Crippen LogP contribution in [0.5, 0.6) is 0 Å². The van der Waals surface area contributed by atoms with E-state index in [0.717, 1.165) is 43.6 Å². The van der Waals surface area contributed by atoms with E-state index in [4.69, 9.17) is 16.3 Å². The minimum Gasteiger partial charge on any atom is -0.444 e. The molecule has 1 N–H and O–H groups in total. The number of allylic oxidation sites excluding steroid dienone is 2. The Hall–Kier alpha value is -0.680. The summed E-state index contributed by atoms with van der Waals surface area (Å²) in [5, 5.41) is 2.99. The Morgan fingerprint density at radius 3 is 1.65 bits per heavy atom. The van der Waals surface area contributed by atoms with Gasteiger partial charge in [0.25, 0.3) is 0 Å². The standard InChI is InChI=1S/C37H72ClNO3S/c1-5-8-10-12-14-16-17-18-19-20-21-23-25-27-29-31-36(40)39-34(32-33-43(4)7-3)37(41)42-35(38)30-28-26-24-22-15-13-11-9-6-2/h18-19,34-35,43H,5-17,20-33H2,1-4H3,(H,39,40)/b19-18-/t34-,35?/m1/s1. The first-order valence-electron chi connectivity index (χ1n) is 18.4. The molecule has 0 aromatic rings. The topological polar surface area (TPSA) is 55.4 Å². The highest BCUT2D eigenvalue weighted by molar-refractivity contribution is 8.16. The lowest BCUT2D eigenvalue weighted by Crippen LogP contribution is -2.43. The number of esters is 1. The van der Waals surface area contributed by atoms with E-state index in [9.17, 15) is 9.59 Å². The molecule has 0 rings (SSSR count).